The van der Waals surface area contributed by atoms with E-state index in [1.807, 2.05) is 18.2 Å². The maximum Gasteiger partial charge on any atom is 0.304 e. The van der Waals surface area contributed by atoms with Crippen LogP contribution < -0.4 is 11.1 Å². The van der Waals surface area contributed by atoms with Gasteiger partial charge in [-0.2, -0.15) is 0 Å². The Morgan fingerprint density at radius 2 is 1.95 bits per heavy atom. The number of fused-ring (bicyclic) bond motifs is 1. The zero-order valence-corrected chi connectivity index (χ0v) is 10.9. The van der Waals surface area contributed by atoms with Crippen molar-refractivity contribution < 1.29 is 9.90 Å². The van der Waals surface area contributed by atoms with Crippen LogP contribution in [0, 0.1) is 6.92 Å². The first-order valence-corrected chi connectivity index (χ1v) is 6.26. The summed E-state index contributed by atoms with van der Waals surface area (Å²) in [4.78, 5) is 10.5. The summed E-state index contributed by atoms with van der Waals surface area (Å²) in [6.45, 7) is 2.51. The number of hydrogen-bond donors (Lipinski definition) is 3. The standard InChI is InChI=1S/C15H18N2O2/c1-10-2-3-12-7-14(5-4-11(12)6-10)17-9-13(16)8-15(18)19/h2-7,13,17H,8-9,16H2,1H3,(H,18,19). The second-order valence-electron chi connectivity index (χ2n) is 4.80. The van der Waals surface area contributed by atoms with E-state index >= 15 is 0 Å². The van der Waals surface area contributed by atoms with E-state index in [4.69, 9.17) is 10.8 Å². The summed E-state index contributed by atoms with van der Waals surface area (Å²) in [6, 6.07) is 12.0. The van der Waals surface area contributed by atoms with E-state index in [1.54, 1.807) is 0 Å². The van der Waals surface area contributed by atoms with Gasteiger partial charge in [0, 0.05) is 18.3 Å². The van der Waals surface area contributed by atoms with Crippen molar-refractivity contribution in [3.05, 3.63) is 42.0 Å². The van der Waals surface area contributed by atoms with E-state index in [0.717, 1.165) is 11.1 Å². The highest BCUT2D eigenvalue weighted by Crippen LogP contribution is 2.20. The molecule has 0 aromatic heterocycles. The fourth-order valence-electron chi connectivity index (χ4n) is 2.02. The molecule has 0 spiro atoms. The minimum Gasteiger partial charge on any atom is -0.481 e. The van der Waals surface area contributed by atoms with Crippen molar-refractivity contribution in [2.45, 2.75) is 19.4 Å². The van der Waals surface area contributed by atoms with Crippen molar-refractivity contribution in [1.29, 1.82) is 0 Å². The molecule has 4 N–H and O–H groups in total. The van der Waals surface area contributed by atoms with E-state index in [9.17, 15) is 4.79 Å². The minimum atomic E-state index is -0.872. The van der Waals surface area contributed by atoms with E-state index in [-0.39, 0.29) is 12.5 Å². The Hall–Kier alpha value is -2.07. The number of rotatable bonds is 5. The highest BCUT2D eigenvalue weighted by atomic mass is 16.4. The van der Waals surface area contributed by atoms with Gasteiger partial charge >= 0.3 is 5.97 Å². The van der Waals surface area contributed by atoms with Crippen LogP contribution in [0.25, 0.3) is 10.8 Å². The Balaban J connectivity index is 2.05. The molecular formula is C15H18N2O2. The monoisotopic (exact) mass is 258 g/mol. The average Bonchev–Trinajstić information content (AvgIpc) is 2.35. The van der Waals surface area contributed by atoms with Gasteiger partial charge in [-0.25, -0.2) is 0 Å². The summed E-state index contributed by atoms with van der Waals surface area (Å²) < 4.78 is 0. The smallest absolute Gasteiger partial charge is 0.304 e. The minimum absolute atomic E-state index is 0.0280. The molecule has 0 aliphatic carbocycles. The first-order chi connectivity index (χ1) is 9.04. The largest absolute Gasteiger partial charge is 0.481 e. The highest BCUT2D eigenvalue weighted by Gasteiger charge is 2.07. The summed E-state index contributed by atoms with van der Waals surface area (Å²) in [5, 5.41) is 14.2. The number of anilines is 1. The highest BCUT2D eigenvalue weighted by molar-refractivity contribution is 5.86. The Bertz CT molecular complexity index is 596. The number of carbonyl (C=O) groups is 1. The molecule has 0 fully saturated rings. The molecule has 19 heavy (non-hydrogen) atoms. The summed E-state index contributed by atoms with van der Waals surface area (Å²) >= 11 is 0. The van der Waals surface area contributed by atoms with Gasteiger partial charge in [-0.05, 0) is 29.8 Å². The lowest BCUT2D eigenvalue weighted by molar-refractivity contribution is -0.137. The van der Waals surface area contributed by atoms with Crippen LogP contribution in [0.15, 0.2) is 36.4 Å². The van der Waals surface area contributed by atoms with Crippen LogP contribution in [0.3, 0.4) is 0 Å². The number of carboxylic acid groups (broad SMARTS) is 1. The van der Waals surface area contributed by atoms with E-state index < -0.39 is 5.97 Å². The predicted octanol–water partition coefficient (Wildman–Crippen LogP) is 2.36. The fourth-order valence-corrected chi connectivity index (χ4v) is 2.02. The summed E-state index contributed by atoms with van der Waals surface area (Å²) in [6.07, 6.45) is -0.0280. The molecule has 2 aromatic rings. The Labute approximate surface area is 112 Å². The molecule has 0 saturated carbocycles. The number of aryl methyl sites for hydroxylation is 1. The number of nitrogens with two attached hydrogens (primary N) is 1. The zero-order valence-electron chi connectivity index (χ0n) is 10.9. The van der Waals surface area contributed by atoms with Crippen LogP contribution in [0.4, 0.5) is 5.69 Å². The number of carboxylic acids is 1. The second-order valence-corrected chi connectivity index (χ2v) is 4.80. The molecule has 4 heteroatoms. The lowest BCUT2D eigenvalue weighted by Gasteiger charge is -2.12. The molecular weight excluding hydrogens is 240 g/mol. The number of benzene rings is 2. The maximum atomic E-state index is 10.5. The van der Waals surface area contributed by atoms with Gasteiger partial charge in [-0.3, -0.25) is 4.79 Å². The molecule has 0 heterocycles. The van der Waals surface area contributed by atoms with Gasteiger partial charge in [0.25, 0.3) is 0 Å². The lowest BCUT2D eigenvalue weighted by atomic mass is 10.1. The van der Waals surface area contributed by atoms with Crippen LogP contribution in [0.2, 0.25) is 0 Å². The van der Waals surface area contributed by atoms with Crippen molar-refractivity contribution >= 4 is 22.4 Å². The normalized spacial score (nSPS) is 12.3. The topological polar surface area (TPSA) is 75.3 Å². The van der Waals surface area contributed by atoms with E-state index in [2.05, 4.69) is 30.4 Å². The molecule has 1 atom stereocenters. The van der Waals surface area contributed by atoms with Gasteiger partial charge in [0.1, 0.15) is 0 Å². The third kappa shape index (κ3) is 3.69. The Kier molecular flexibility index (Phi) is 4.02. The Morgan fingerprint density at radius 1 is 1.26 bits per heavy atom. The molecule has 0 bridgehead atoms. The van der Waals surface area contributed by atoms with Crippen molar-refractivity contribution in [3.8, 4) is 0 Å². The van der Waals surface area contributed by atoms with Crippen LogP contribution >= 0.6 is 0 Å². The fraction of sp³-hybridized carbons (Fsp3) is 0.267. The van der Waals surface area contributed by atoms with Crippen LogP contribution in [-0.2, 0) is 4.79 Å². The van der Waals surface area contributed by atoms with E-state index in [0.29, 0.717) is 6.54 Å². The molecule has 0 amide bonds. The molecule has 100 valence electrons. The predicted molar refractivity (Wildman–Crippen MR) is 77.4 cm³/mol. The van der Waals surface area contributed by atoms with Gasteiger partial charge in [0.2, 0.25) is 0 Å². The maximum absolute atomic E-state index is 10.5. The molecule has 0 aliphatic heterocycles. The average molecular weight is 258 g/mol. The third-order valence-electron chi connectivity index (χ3n) is 3.00. The third-order valence-corrected chi connectivity index (χ3v) is 3.00. The van der Waals surface area contributed by atoms with Crippen molar-refractivity contribution in [1.82, 2.24) is 0 Å². The number of nitrogens with one attached hydrogen (secondary N) is 1. The van der Waals surface area contributed by atoms with Gasteiger partial charge in [0.05, 0.1) is 6.42 Å². The Morgan fingerprint density at radius 3 is 2.68 bits per heavy atom. The lowest BCUT2D eigenvalue weighted by Crippen LogP contribution is -2.31. The van der Waals surface area contributed by atoms with Crippen LogP contribution in [0.1, 0.15) is 12.0 Å². The first-order valence-electron chi connectivity index (χ1n) is 6.26. The van der Waals surface area contributed by atoms with Crippen molar-refractivity contribution in [3.63, 3.8) is 0 Å². The van der Waals surface area contributed by atoms with Crippen molar-refractivity contribution in [2.24, 2.45) is 5.73 Å². The van der Waals surface area contributed by atoms with E-state index in [1.165, 1.54) is 10.9 Å². The molecule has 0 saturated heterocycles. The summed E-state index contributed by atoms with van der Waals surface area (Å²) in [5.74, 6) is -0.872. The van der Waals surface area contributed by atoms with Gasteiger partial charge in [0.15, 0.2) is 0 Å². The van der Waals surface area contributed by atoms with Gasteiger partial charge in [-0.1, -0.05) is 29.8 Å². The summed E-state index contributed by atoms with van der Waals surface area (Å²) in [5.41, 5.74) is 7.90. The molecule has 2 rings (SSSR count). The number of aliphatic carboxylic acids is 1. The van der Waals surface area contributed by atoms with Gasteiger partial charge in [-0.15, -0.1) is 0 Å². The number of hydrogen-bond acceptors (Lipinski definition) is 3. The first kappa shape index (κ1) is 13.4. The molecule has 1 unspecified atom stereocenters. The molecule has 2 aromatic carbocycles. The van der Waals surface area contributed by atoms with Gasteiger partial charge < -0.3 is 16.2 Å². The van der Waals surface area contributed by atoms with Crippen molar-refractivity contribution in [2.75, 3.05) is 11.9 Å². The quantitative estimate of drug-likeness (QED) is 0.769. The molecule has 4 nitrogen and oxygen atoms in total. The van der Waals surface area contributed by atoms with Crippen LogP contribution in [-0.4, -0.2) is 23.7 Å². The SMILES string of the molecule is Cc1ccc2cc(NCC(N)CC(=O)O)ccc2c1. The van der Waals surface area contributed by atoms with Crippen LogP contribution in [0.5, 0.6) is 0 Å². The zero-order chi connectivity index (χ0) is 13.8. The second kappa shape index (κ2) is 5.71. The molecule has 0 radical (unpaired) electrons. The summed E-state index contributed by atoms with van der Waals surface area (Å²) in [7, 11) is 0. The molecule has 0 aliphatic rings.